The number of ether oxygens (including phenoxy) is 1. The molecule has 2 heteroatoms. The van der Waals surface area contributed by atoms with E-state index >= 15 is 0 Å². The van der Waals surface area contributed by atoms with E-state index in [2.05, 4.69) is 18.2 Å². The predicted molar refractivity (Wildman–Crippen MR) is 68.3 cm³/mol. The van der Waals surface area contributed by atoms with E-state index in [1.807, 2.05) is 6.07 Å². The molecule has 0 aromatic heterocycles. The van der Waals surface area contributed by atoms with E-state index in [0.717, 1.165) is 12.2 Å². The highest BCUT2D eigenvalue weighted by molar-refractivity contribution is 6.20. The standard InChI is InChI=1S/C14H19ClO/c1-16-13-7-4-5-11(10-13)9-12-6-2-3-8-14(12)15/h4-5,7,10,12,14H,2-3,6,8-9H2,1H3. The molecular formula is C14H19ClO. The Morgan fingerprint density at radius 1 is 1.31 bits per heavy atom. The lowest BCUT2D eigenvalue weighted by atomic mass is 9.84. The number of benzene rings is 1. The lowest BCUT2D eigenvalue weighted by Gasteiger charge is -2.27. The zero-order valence-electron chi connectivity index (χ0n) is 9.79. The second-order valence-electron chi connectivity index (χ2n) is 4.62. The number of hydrogen-bond donors (Lipinski definition) is 0. The molecule has 2 unspecified atom stereocenters. The molecule has 0 amide bonds. The molecule has 1 aliphatic rings. The summed E-state index contributed by atoms with van der Waals surface area (Å²) in [6, 6.07) is 8.34. The van der Waals surface area contributed by atoms with Crippen LogP contribution in [0.2, 0.25) is 0 Å². The van der Waals surface area contributed by atoms with Gasteiger partial charge in [-0.1, -0.05) is 25.0 Å². The van der Waals surface area contributed by atoms with Crippen LogP contribution in [0.25, 0.3) is 0 Å². The zero-order chi connectivity index (χ0) is 11.4. The number of halogens is 1. The number of alkyl halides is 1. The number of hydrogen-bond acceptors (Lipinski definition) is 1. The Morgan fingerprint density at radius 3 is 2.88 bits per heavy atom. The fourth-order valence-corrected chi connectivity index (χ4v) is 2.86. The summed E-state index contributed by atoms with van der Waals surface area (Å²) < 4.78 is 5.24. The Morgan fingerprint density at radius 2 is 2.12 bits per heavy atom. The van der Waals surface area contributed by atoms with Gasteiger partial charge >= 0.3 is 0 Å². The van der Waals surface area contributed by atoms with Gasteiger partial charge in [0.05, 0.1) is 7.11 Å². The third-order valence-electron chi connectivity index (χ3n) is 3.45. The van der Waals surface area contributed by atoms with Crippen LogP contribution in [0.1, 0.15) is 31.2 Å². The van der Waals surface area contributed by atoms with Crippen molar-refractivity contribution in [2.24, 2.45) is 5.92 Å². The maximum Gasteiger partial charge on any atom is 0.119 e. The first-order valence-corrected chi connectivity index (χ1v) is 6.50. The molecule has 88 valence electrons. The first kappa shape index (κ1) is 11.8. The van der Waals surface area contributed by atoms with Gasteiger partial charge in [-0.05, 0) is 42.9 Å². The minimum Gasteiger partial charge on any atom is -0.497 e. The van der Waals surface area contributed by atoms with Crippen LogP contribution in [0, 0.1) is 5.92 Å². The van der Waals surface area contributed by atoms with Crippen LogP contribution in [0.15, 0.2) is 24.3 Å². The SMILES string of the molecule is COc1cccc(CC2CCCCC2Cl)c1. The van der Waals surface area contributed by atoms with Crippen molar-refractivity contribution in [2.45, 2.75) is 37.5 Å². The van der Waals surface area contributed by atoms with Gasteiger partial charge in [-0.15, -0.1) is 11.6 Å². The molecule has 0 bridgehead atoms. The average Bonchev–Trinajstić information content (AvgIpc) is 2.32. The molecule has 0 N–H and O–H groups in total. The molecule has 1 fully saturated rings. The summed E-state index contributed by atoms with van der Waals surface area (Å²) in [5, 5.41) is 0.361. The van der Waals surface area contributed by atoms with E-state index in [0.29, 0.717) is 11.3 Å². The van der Waals surface area contributed by atoms with Crippen LogP contribution in [0.3, 0.4) is 0 Å². The zero-order valence-corrected chi connectivity index (χ0v) is 10.5. The van der Waals surface area contributed by atoms with Crippen LogP contribution in [0.4, 0.5) is 0 Å². The van der Waals surface area contributed by atoms with E-state index in [1.165, 1.54) is 31.2 Å². The van der Waals surface area contributed by atoms with Gasteiger partial charge in [0, 0.05) is 5.38 Å². The lowest BCUT2D eigenvalue weighted by Crippen LogP contribution is -2.21. The molecule has 2 atom stereocenters. The molecule has 0 radical (unpaired) electrons. The van der Waals surface area contributed by atoms with Crippen LogP contribution in [-0.2, 0) is 6.42 Å². The van der Waals surface area contributed by atoms with Crippen LogP contribution in [0.5, 0.6) is 5.75 Å². The van der Waals surface area contributed by atoms with Crippen molar-refractivity contribution in [1.82, 2.24) is 0 Å². The lowest BCUT2D eigenvalue weighted by molar-refractivity contribution is 0.362. The normalized spacial score (nSPS) is 25.4. The Kier molecular flexibility index (Phi) is 4.11. The fourth-order valence-electron chi connectivity index (χ4n) is 2.49. The molecule has 0 heterocycles. The van der Waals surface area contributed by atoms with Gasteiger partial charge in [0.15, 0.2) is 0 Å². The highest BCUT2D eigenvalue weighted by Gasteiger charge is 2.23. The van der Waals surface area contributed by atoms with E-state index in [-0.39, 0.29) is 0 Å². The topological polar surface area (TPSA) is 9.23 Å². The van der Waals surface area contributed by atoms with E-state index < -0.39 is 0 Å². The second-order valence-corrected chi connectivity index (χ2v) is 5.18. The molecule has 1 aromatic carbocycles. The Bertz CT molecular complexity index is 337. The van der Waals surface area contributed by atoms with Gasteiger partial charge in [-0.25, -0.2) is 0 Å². The van der Waals surface area contributed by atoms with Crippen LogP contribution in [-0.4, -0.2) is 12.5 Å². The predicted octanol–water partition coefficient (Wildman–Crippen LogP) is 4.04. The summed E-state index contributed by atoms with van der Waals surface area (Å²) in [4.78, 5) is 0. The molecule has 0 spiro atoms. The molecule has 1 aliphatic carbocycles. The maximum absolute atomic E-state index is 6.37. The molecule has 16 heavy (non-hydrogen) atoms. The molecule has 0 saturated heterocycles. The summed E-state index contributed by atoms with van der Waals surface area (Å²) in [7, 11) is 1.71. The summed E-state index contributed by atoms with van der Waals surface area (Å²) >= 11 is 6.37. The molecule has 1 saturated carbocycles. The second kappa shape index (κ2) is 5.58. The quantitative estimate of drug-likeness (QED) is 0.723. The van der Waals surface area contributed by atoms with Gasteiger partial charge in [0.1, 0.15) is 5.75 Å². The molecule has 2 rings (SSSR count). The first-order chi connectivity index (χ1) is 7.79. The minimum absolute atomic E-state index is 0.361. The third kappa shape index (κ3) is 2.91. The Labute approximate surface area is 103 Å². The van der Waals surface area contributed by atoms with E-state index in [9.17, 15) is 0 Å². The van der Waals surface area contributed by atoms with Gasteiger partial charge in [0.2, 0.25) is 0 Å². The molecule has 0 aliphatic heterocycles. The first-order valence-electron chi connectivity index (χ1n) is 6.06. The summed E-state index contributed by atoms with van der Waals surface area (Å²) in [6.45, 7) is 0. The van der Waals surface area contributed by atoms with Crippen LogP contribution < -0.4 is 4.74 Å². The highest BCUT2D eigenvalue weighted by atomic mass is 35.5. The van der Waals surface area contributed by atoms with E-state index in [1.54, 1.807) is 7.11 Å². The fraction of sp³-hybridized carbons (Fsp3) is 0.571. The minimum atomic E-state index is 0.361. The maximum atomic E-state index is 6.37. The van der Waals surface area contributed by atoms with Crippen molar-refractivity contribution in [3.63, 3.8) is 0 Å². The van der Waals surface area contributed by atoms with Crippen molar-refractivity contribution >= 4 is 11.6 Å². The molecular weight excluding hydrogens is 220 g/mol. The van der Waals surface area contributed by atoms with Crippen molar-refractivity contribution in [1.29, 1.82) is 0 Å². The highest BCUT2D eigenvalue weighted by Crippen LogP contribution is 2.31. The number of rotatable bonds is 3. The average molecular weight is 239 g/mol. The van der Waals surface area contributed by atoms with Crippen molar-refractivity contribution in [3.05, 3.63) is 29.8 Å². The largest absolute Gasteiger partial charge is 0.497 e. The van der Waals surface area contributed by atoms with Crippen LogP contribution >= 0.6 is 11.6 Å². The van der Waals surface area contributed by atoms with Gasteiger partial charge < -0.3 is 4.74 Å². The Balaban J connectivity index is 2.01. The van der Waals surface area contributed by atoms with Gasteiger partial charge in [0.25, 0.3) is 0 Å². The smallest absolute Gasteiger partial charge is 0.119 e. The van der Waals surface area contributed by atoms with Crippen molar-refractivity contribution in [2.75, 3.05) is 7.11 Å². The monoisotopic (exact) mass is 238 g/mol. The Hall–Kier alpha value is -0.690. The number of methoxy groups -OCH3 is 1. The summed E-state index contributed by atoms with van der Waals surface area (Å²) in [5.74, 6) is 1.59. The molecule has 1 nitrogen and oxygen atoms in total. The summed E-state index contributed by atoms with van der Waals surface area (Å²) in [6.07, 6.45) is 6.16. The van der Waals surface area contributed by atoms with E-state index in [4.69, 9.17) is 16.3 Å². The van der Waals surface area contributed by atoms with Crippen molar-refractivity contribution < 1.29 is 4.74 Å². The van der Waals surface area contributed by atoms with Gasteiger partial charge in [-0.3, -0.25) is 0 Å². The van der Waals surface area contributed by atoms with Gasteiger partial charge in [-0.2, -0.15) is 0 Å². The van der Waals surface area contributed by atoms with Crippen molar-refractivity contribution in [3.8, 4) is 5.75 Å². The molecule has 1 aromatic rings. The third-order valence-corrected chi connectivity index (χ3v) is 4.02. The summed E-state index contributed by atoms with van der Waals surface area (Å²) in [5.41, 5.74) is 1.34.